The molecule has 2 aromatic rings. The van der Waals surface area contributed by atoms with Crippen LogP contribution in [0.25, 0.3) is 11.3 Å². The molecule has 0 unspecified atom stereocenters. The first-order valence-electron chi connectivity index (χ1n) is 5.38. The van der Waals surface area contributed by atoms with Crippen molar-refractivity contribution in [1.82, 2.24) is 10.5 Å². The molecule has 1 aromatic carbocycles. The van der Waals surface area contributed by atoms with Crippen LogP contribution in [0.4, 0.5) is 5.13 Å². The molecule has 0 saturated carbocycles. The Morgan fingerprint density at radius 2 is 2.05 bits per heavy atom. The first kappa shape index (κ1) is 16.4. The van der Waals surface area contributed by atoms with Gasteiger partial charge in [-0.15, -0.1) is 11.3 Å². The standard InChI is InChI=1S/C12H13N3O3S.Co/c1-17-10-4-3-8(5-11(10)18-2)9-6-19-12(15-9)13-7-14-16;/h3-7,16H,1-2H3,(H,13,14,15);/q;+2. The third-order valence-corrected chi connectivity index (χ3v) is 3.15. The van der Waals surface area contributed by atoms with Gasteiger partial charge >= 0.3 is 16.8 Å². The SMILES string of the molecule is COc1ccc(-c2csc(/N=C\NO)n2)cc1OC.[Co+2]. The maximum Gasteiger partial charge on any atom is 2.00 e. The molecule has 2 rings (SSSR count). The summed E-state index contributed by atoms with van der Waals surface area (Å²) in [6.07, 6.45) is 1.16. The van der Waals surface area contributed by atoms with Crippen molar-refractivity contribution in [3.63, 3.8) is 0 Å². The Kier molecular flexibility index (Phi) is 6.45. The summed E-state index contributed by atoms with van der Waals surface area (Å²) in [6.45, 7) is 0. The monoisotopic (exact) mass is 338 g/mol. The first-order chi connectivity index (χ1) is 9.28. The Morgan fingerprint density at radius 1 is 1.30 bits per heavy atom. The van der Waals surface area contributed by atoms with Crippen molar-refractivity contribution in [1.29, 1.82) is 0 Å². The second-order valence-electron chi connectivity index (χ2n) is 3.47. The largest absolute Gasteiger partial charge is 2.00 e. The van der Waals surface area contributed by atoms with Gasteiger partial charge in [0.25, 0.3) is 0 Å². The zero-order valence-corrected chi connectivity index (χ0v) is 12.6. The van der Waals surface area contributed by atoms with Gasteiger partial charge in [-0.25, -0.2) is 9.98 Å². The smallest absolute Gasteiger partial charge is 0.493 e. The fourth-order valence-corrected chi connectivity index (χ4v) is 2.21. The van der Waals surface area contributed by atoms with E-state index >= 15 is 0 Å². The molecule has 0 fully saturated rings. The summed E-state index contributed by atoms with van der Waals surface area (Å²) in [7, 11) is 3.18. The topological polar surface area (TPSA) is 76.0 Å². The molecule has 2 N–H and O–H groups in total. The summed E-state index contributed by atoms with van der Waals surface area (Å²) >= 11 is 1.38. The number of thiazole rings is 1. The van der Waals surface area contributed by atoms with Gasteiger partial charge in [0, 0.05) is 10.9 Å². The van der Waals surface area contributed by atoms with Gasteiger partial charge in [0.15, 0.2) is 11.5 Å². The van der Waals surface area contributed by atoms with Crippen molar-refractivity contribution in [2.24, 2.45) is 4.99 Å². The zero-order chi connectivity index (χ0) is 13.7. The van der Waals surface area contributed by atoms with E-state index in [1.165, 1.54) is 11.3 Å². The molecule has 0 saturated heterocycles. The molecule has 1 radical (unpaired) electrons. The zero-order valence-electron chi connectivity index (χ0n) is 10.8. The second kappa shape index (κ2) is 7.85. The van der Waals surface area contributed by atoms with Gasteiger partial charge in [-0.2, -0.15) is 0 Å². The number of nitrogens with one attached hydrogen (secondary N) is 1. The molecule has 0 amide bonds. The Hall–Kier alpha value is -1.61. The van der Waals surface area contributed by atoms with Gasteiger partial charge in [0.05, 0.1) is 19.9 Å². The van der Waals surface area contributed by atoms with Gasteiger partial charge in [-0.3, -0.25) is 10.7 Å². The van der Waals surface area contributed by atoms with Crippen molar-refractivity contribution in [2.45, 2.75) is 0 Å². The van der Waals surface area contributed by atoms with Gasteiger partial charge in [-0.1, -0.05) is 0 Å². The number of nitrogens with zero attached hydrogens (tertiary/aromatic N) is 2. The van der Waals surface area contributed by atoms with E-state index in [9.17, 15) is 0 Å². The number of ether oxygens (including phenoxy) is 2. The van der Waals surface area contributed by atoms with Gasteiger partial charge in [0.2, 0.25) is 5.13 Å². The summed E-state index contributed by atoms with van der Waals surface area (Å²) in [5, 5.41) is 10.9. The van der Waals surface area contributed by atoms with Crippen LogP contribution in [0.2, 0.25) is 0 Å². The summed E-state index contributed by atoms with van der Waals surface area (Å²) in [6, 6.07) is 5.58. The molecule has 0 aliphatic heterocycles. The third-order valence-electron chi connectivity index (χ3n) is 2.40. The van der Waals surface area contributed by atoms with Crippen LogP contribution in [-0.4, -0.2) is 30.7 Å². The van der Waals surface area contributed by atoms with Crippen LogP contribution in [0.15, 0.2) is 28.6 Å². The average molecular weight is 338 g/mol. The van der Waals surface area contributed by atoms with E-state index < -0.39 is 0 Å². The molecule has 0 spiro atoms. The van der Waals surface area contributed by atoms with Gasteiger partial charge in [-0.05, 0) is 18.2 Å². The van der Waals surface area contributed by atoms with Crippen molar-refractivity contribution in [3.05, 3.63) is 23.6 Å². The molecule has 0 bridgehead atoms. The van der Waals surface area contributed by atoms with Crippen LogP contribution in [-0.2, 0) is 16.8 Å². The van der Waals surface area contributed by atoms with Crippen LogP contribution < -0.4 is 15.0 Å². The number of hydrogen-bond acceptors (Lipinski definition) is 6. The summed E-state index contributed by atoms with van der Waals surface area (Å²) < 4.78 is 10.4. The molecule has 0 atom stereocenters. The minimum Gasteiger partial charge on any atom is -0.493 e. The summed E-state index contributed by atoms with van der Waals surface area (Å²) in [5.41, 5.74) is 3.53. The van der Waals surface area contributed by atoms with Crippen LogP contribution >= 0.6 is 11.3 Å². The van der Waals surface area contributed by atoms with E-state index in [0.717, 1.165) is 17.6 Å². The summed E-state index contributed by atoms with van der Waals surface area (Å²) in [4.78, 5) is 8.23. The molecule has 107 valence electrons. The van der Waals surface area contributed by atoms with Crippen LogP contribution in [0, 0.1) is 0 Å². The van der Waals surface area contributed by atoms with Crippen molar-refractivity contribution in [2.75, 3.05) is 14.2 Å². The molecule has 1 heterocycles. The van der Waals surface area contributed by atoms with E-state index in [-0.39, 0.29) is 16.8 Å². The molecule has 1 aromatic heterocycles. The van der Waals surface area contributed by atoms with Crippen LogP contribution in [0.1, 0.15) is 0 Å². The fourth-order valence-electron chi connectivity index (χ4n) is 1.54. The first-order valence-corrected chi connectivity index (χ1v) is 6.26. The quantitative estimate of drug-likeness (QED) is 0.498. The number of benzene rings is 1. The number of hydroxylamine groups is 1. The van der Waals surface area contributed by atoms with Crippen molar-refractivity contribution >= 4 is 22.8 Å². The molecule has 0 aliphatic rings. The van der Waals surface area contributed by atoms with E-state index in [1.54, 1.807) is 14.2 Å². The number of aliphatic imine (C=N–C) groups is 1. The Morgan fingerprint density at radius 3 is 2.70 bits per heavy atom. The molecule has 8 heteroatoms. The predicted molar refractivity (Wildman–Crippen MR) is 73.7 cm³/mol. The van der Waals surface area contributed by atoms with E-state index in [0.29, 0.717) is 16.6 Å². The number of rotatable bonds is 5. The molecular formula is C12H13CoN3O3S+2. The minimum atomic E-state index is 0. The van der Waals surface area contributed by atoms with Crippen molar-refractivity contribution < 1.29 is 31.5 Å². The normalized spacial score (nSPS) is 10.2. The molecule has 20 heavy (non-hydrogen) atoms. The number of aromatic nitrogens is 1. The Labute approximate surface area is 130 Å². The van der Waals surface area contributed by atoms with E-state index in [1.807, 2.05) is 29.1 Å². The molecular weight excluding hydrogens is 325 g/mol. The Bertz CT molecular complexity index is 589. The van der Waals surface area contributed by atoms with Gasteiger partial charge < -0.3 is 9.47 Å². The van der Waals surface area contributed by atoms with E-state index in [4.69, 9.17) is 14.7 Å². The van der Waals surface area contributed by atoms with Crippen LogP contribution in [0.3, 0.4) is 0 Å². The number of methoxy groups -OCH3 is 2. The number of hydrogen-bond donors (Lipinski definition) is 2. The second-order valence-corrected chi connectivity index (χ2v) is 4.31. The van der Waals surface area contributed by atoms with Crippen LogP contribution in [0.5, 0.6) is 11.5 Å². The molecule has 6 nitrogen and oxygen atoms in total. The van der Waals surface area contributed by atoms with E-state index in [2.05, 4.69) is 9.98 Å². The Balaban J connectivity index is 0.00000200. The third kappa shape index (κ3) is 3.70. The maximum absolute atomic E-state index is 8.42. The summed E-state index contributed by atoms with van der Waals surface area (Å²) in [5.74, 6) is 1.32. The average Bonchev–Trinajstić information content (AvgIpc) is 2.93. The minimum absolute atomic E-state index is 0. The van der Waals surface area contributed by atoms with Gasteiger partial charge in [0.1, 0.15) is 6.34 Å². The molecule has 0 aliphatic carbocycles. The predicted octanol–water partition coefficient (Wildman–Crippen LogP) is 2.46. The van der Waals surface area contributed by atoms with Crippen molar-refractivity contribution in [3.8, 4) is 22.8 Å². The fraction of sp³-hybridized carbons (Fsp3) is 0.167. The maximum atomic E-state index is 8.42.